The van der Waals surface area contributed by atoms with Gasteiger partial charge in [0.25, 0.3) is 0 Å². The average molecular weight is 303 g/mol. The number of hydrogen-bond donors (Lipinski definition) is 2. The van der Waals surface area contributed by atoms with Gasteiger partial charge in [0.1, 0.15) is 10.7 Å². The number of morpholine rings is 1. The molecule has 1 heterocycles. The van der Waals surface area contributed by atoms with E-state index in [9.17, 15) is 12.8 Å². The number of hydrogen-bond acceptors (Lipinski definition) is 5. The van der Waals surface area contributed by atoms with Gasteiger partial charge in [-0.1, -0.05) is 0 Å². The molecule has 6 nitrogen and oxygen atoms in total. The molecule has 1 fully saturated rings. The van der Waals surface area contributed by atoms with Crippen molar-refractivity contribution in [3.63, 3.8) is 0 Å². The summed E-state index contributed by atoms with van der Waals surface area (Å²) >= 11 is 0. The van der Waals surface area contributed by atoms with E-state index in [4.69, 9.17) is 10.5 Å². The molecule has 0 aromatic heterocycles. The lowest BCUT2D eigenvalue weighted by atomic mass is 10.3. The Kier molecular flexibility index (Phi) is 4.59. The molecule has 112 valence electrons. The van der Waals surface area contributed by atoms with Crippen molar-refractivity contribution in [3.05, 3.63) is 24.0 Å². The summed E-state index contributed by atoms with van der Waals surface area (Å²) in [5.41, 5.74) is 5.43. The number of nitrogens with one attached hydrogen (secondary N) is 1. The lowest BCUT2D eigenvalue weighted by molar-refractivity contribution is -0.0156. The fourth-order valence-corrected chi connectivity index (χ4v) is 3.21. The predicted octanol–water partition coefficient (Wildman–Crippen LogP) is 0.0168. The van der Waals surface area contributed by atoms with E-state index in [0.717, 1.165) is 24.7 Å². The second-order valence-corrected chi connectivity index (χ2v) is 6.52. The van der Waals surface area contributed by atoms with Crippen molar-refractivity contribution in [2.24, 2.45) is 0 Å². The van der Waals surface area contributed by atoms with Crippen LogP contribution in [0.5, 0.6) is 0 Å². The van der Waals surface area contributed by atoms with Crippen LogP contribution in [0.4, 0.5) is 10.1 Å². The number of sulfonamides is 1. The zero-order chi connectivity index (χ0) is 14.8. The van der Waals surface area contributed by atoms with Crippen molar-refractivity contribution in [2.45, 2.75) is 11.0 Å². The van der Waals surface area contributed by atoms with Gasteiger partial charge in [0.15, 0.2) is 0 Å². The van der Waals surface area contributed by atoms with Crippen LogP contribution in [0.2, 0.25) is 0 Å². The Morgan fingerprint density at radius 2 is 2.30 bits per heavy atom. The molecule has 1 aliphatic rings. The summed E-state index contributed by atoms with van der Waals surface area (Å²) < 4.78 is 45.1. The first-order valence-electron chi connectivity index (χ1n) is 6.23. The monoisotopic (exact) mass is 303 g/mol. The molecule has 0 spiro atoms. The largest absolute Gasteiger partial charge is 0.398 e. The molecule has 0 aliphatic carbocycles. The minimum atomic E-state index is -3.76. The maximum absolute atomic E-state index is 12.9. The normalized spacial score (nSPS) is 21.0. The van der Waals surface area contributed by atoms with Crippen molar-refractivity contribution in [2.75, 3.05) is 39.0 Å². The number of nitrogen functional groups attached to an aromatic ring is 1. The van der Waals surface area contributed by atoms with Gasteiger partial charge in [-0.3, -0.25) is 0 Å². The van der Waals surface area contributed by atoms with Gasteiger partial charge in [-0.2, -0.15) is 0 Å². The van der Waals surface area contributed by atoms with Crippen molar-refractivity contribution < 1.29 is 17.5 Å². The Morgan fingerprint density at radius 3 is 2.95 bits per heavy atom. The Balaban J connectivity index is 2.03. The average Bonchev–Trinajstić information content (AvgIpc) is 2.36. The third-order valence-electron chi connectivity index (χ3n) is 3.10. The Morgan fingerprint density at radius 1 is 1.55 bits per heavy atom. The molecule has 2 rings (SSSR count). The van der Waals surface area contributed by atoms with Crippen LogP contribution in [-0.4, -0.2) is 52.7 Å². The molecule has 20 heavy (non-hydrogen) atoms. The summed E-state index contributed by atoms with van der Waals surface area (Å²) in [6.45, 7) is 2.21. The molecule has 1 unspecified atom stereocenters. The number of ether oxygens (including phenoxy) is 1. The summed E-state index contributed by atoms with van der Waals surface area (Å²) in [5.74, 6) is -0.571. The zero-order valence-electron chi connectivity index (χ0n) is 11.2. The van der Waals surface area contributed by atoms with Crippen LogP contribution >= 0.6 is 0 Å². The molecule has 8 heteroatoms. The number of anilines is 1. The predicted molar refractivity (Wildman–Crippen MR) is 73.2 cm³/mol. The van der Waals surface area contributed by atoms with E-state index in [2.05, 4.69) is 9.62 Å². The maximum atomic E-state index is 12.9. The van der Waals surface area contributed by atoms with Gasteiger partial charge >= 0.3 is 0 Å². The third-order valence-corrected chi connectivity index (χ3v) is 4.60. The molecule has 0 saturated carbocycles. The summed E-state index contributed by atoms with van der Waals surface area (Å²) in [6.07, 6.45) is -0.204. The SMILES string of the molecule is CN1CCOC(CNS(=O)(=O)c2ccc(F)cc2N)C1. The van der Waals surface area contributed by atoms with Gasteiger partial charge in [-0.05, 0) is 25.2 Å². The second-order valence-electron chi connectivity index (χ2n) is 4.79. The Bertz CT molecular complexity index is 579. The van der Waals surface area contributed by atoms with E-state index in [1.165, 1.54) is 0 Å². The second kappa shape index (κ2) is 6.04. The highest BCUT2D eigenvalue weighted by Crippen LogP contribution is 2.19. The van der Waals surface area contributed by atoms with Crippen LogP contribution in [-0.2, 0) is 14.8 Å². The van der Waals surface area contributed by atoms with E-state index in [1.807, 2.05) is 7.05 Å². The Hall–Kier alpha value is -1.22. The molecule has 1 aromatic carbocycles. The van der Waals surface area contributed by atoms with Crippen LogP contribution in [0.3, 0.4) is 0 Å². The lowest BCUT2D eigenvalue weighted by Crippen LogP contribution is -2.45. The van der Waals surface area contributed by atoms with Gasteiger partial charge in [-0.15, -0.1) is 0 Å². The number of benzene rings is 1. The standard InChI is InChI=1S/C12H18FN3O3S/c1-16-4-5-19-10(8-16)7-15-20(17,18)12-3-2-9(13)6-11(12)14/h2-3,6,10,15H,4-5,7-8,14H2,1H3. The van der Waals surface area contributed by atoms with E-state index in [0.29, 0.717) is 13.2 Å². The summed E-state index contributed by atoms with van der Waals surface area (Å²) in [4.78, 5) is 1.94. The molecule has 1 aromatic rings. The van der Waals surface area contributed by atoms with Crippen LogP contribution in [0, 0.1) is 5.82 Å². The molecule has 3 N–H and O–H groups in total. The van der Waals surface area contributed by atoms with Crippen LogP contribution in [0.1, 0.15) is 0 Å². The van der Waals surface area contributed by atoms with E-state index in [-0.39, 0.29) is 23.2 Å². The van der Waals surface area contributed by atoms with Crippen LogP contribution in [0.25, 0.3) is 0 Å². The highest BCUT2D eigenvalue weighted by molar-refractivity contribution is 7.89. The highest BCUT2D eigenvalue weighted by atomic mass is 32.2. The van der Waals surface area contributed by atoms with Gasteiger partial charge in [0, 0.05) is 19.6 Å². The smallest absolute Gasteiger partial charge is 0.242 e. The van der Waals surface area contributed by atoms with E-state index in [1.54, 1.807) is 0 Å². The number of halogens is 1. The van der Waals surface area contributed by atoms with Crippen molar-refractivity contribution in [1.29, 1.82) is 0 Å². The van der Waals surface area contributed by atoms with Crippen molar-refractivity contribution in [1.82, 2.24) is 9.62 Å². The van der Waals surface area contributed by atoms with Crippen LogP contribution < -0.4 is 10.5 Å². The fraction of sp³-hybridized carbons (Fsp3) is 0.500. The minimum Gasteiger partial charge on any atom is -0.398 e. The van der Waals surface area contributed by atoms with Crippen molar-refractivity contribution >= 4 is 15.7 Å². The third kappa shape index (κ3) is 3.66. The maximum Gasteiger partial charge on any atom is 0.242 e. The fourth-order valence-electron chi connectivity index (χ4n) is 2.03. The number of rotatable bonds is 4. The Labute approximate surface area is 117 Å². The number of nitrogens with two attached hydrogens (primary N) is 1. The van der Waals surface area contributed by atoms with Crippen molar-refractivity contribution in [3.8, 4) is 0 Å². The first-order valence-corrected chi connectivity index (χ1v) is 7.71. The zero-order valence-corrected chi connectivity index (χ0v) is 12.0. The molecule has 1 aliphatic heterocycles. The van der Waals surface area contributed by atoms with E-state index >= 15 is 0 Å². The summed E-state index contributed by atoms with van der Waals surface area (Å²) in [6, 6.07) is 3.20. The molecular weight excluding hydrogens is 285 g/mol. The summed E-state index contributed by atoms with van der Waals surface area (Å²) in [5, 5.41) is 0. The number of nitrogens with zero attached hydrogens (tertiary/aromatic N) is 1. The van der Waals surface area contributed by atoms with Gasteiger partial charge in [0.2, 0.25) is 10.0 Å². The topological polar surface area (TPSA) is 84.7 Å². The first-order chi connectivity index (χ1) is 9.38. The molecule has 0 amide bonds. The molecule has 0 radical (unpaired) electrons. The molecular formula is C12H18FN3O3S. The molecule has 0 bridgehead atoms. The van der Waals surface area contributed by atoms with Gasteiger partial charge in [0.05, 0.1) is 18.4 Å². The van der Waals surface area contributed by atoms with E-state index < -0.39 is 15.8 Å². The first kappa shape index (κ1) is 15.2. The van der Waals surface area contributed by atoms with Gasteiger partial charge in [-0.25, -0.2) is 17.5 Å². The minimum absolute atomic E-state index is 0.112. The number of likely N-dealkylation sites (N-methyl/N-ethyl adjacent to an activating group) is 1. The quantitative estimate of drug-likeness (QED) is 0.766. The molecule has 1 saturated heterocycles. The molecule has 1 atom stereocenters. The lowest BCUT2D eigenvalue weighted by Gasteiger charge is -2.30. The van der Waals surface area contributed by atoms with Gasteiger partial charge < -0.3 is 15.4 Å². The summed E-state index contributed by atoms with van der Waals surface area (Å²) in [7, 11) is -1.82. The van der Waals surface area contributed by atoms with Crippen LogP contribution in [0.15, 0.2) is 23.1 Å². The highest BCUT2D eigenvalue weighted by Gasteiger charge is 2.22.